The predicted molar refractivity (Wildman–Crippen MR) is 114 cm³/mol. The quantitative estimate of drug-likeness (QED) is 0.468. The number of cyclic esters (lactones) is 1. The lowest BCUT2D eigenvalue weighted by molar-refractivity contribution is 0.0535. The van der Waals surface area contributed by atoms with Crippen LogP contribution >= 0.6 is 0 Å². The highest BCUT2D eigenvalue weighted by Crippen LogP contribution is 2.26. The van der Waals surface area contributed by atoms with Crippen LogP contribution in [0, 0.1) is 18.3 Å². The van der Waals surface area contributed by atoms with Gasteiger partial charge in [-0.3, -0.25) is 9.97 Å². The molecule has 0 fully saturated rings. The molecule has 1 aliphatic rings. The van der Waals surface area contributed by atoms with Crippen LogP contribution in [0.25, 0.3) is 11.4 Å². The molecule has 3 heterocycles. The number of carbonyl (C=O) groups is 1. The number of esters is 1. The molecule has 0 spiro atoms. The number of nitrogens with one attached hydrogen (secondary N) is 1. The number of pyridine rings is 2. The third-order valence-corrected chi connectivity index (χ3v) is 5.47. The Morgan fingerprint density at radius 3 is 2.77 bits per heavy atom. The van der Waals surface area contributed by atoms with E-state index in [1.54, 1.807) is 6.07 Å². The number of benzene rings is 1. The SMILES string of the molecule is COc1cc(-c2ccc(CNCCc3ccc4c(c3C)COC4=O)cn2)ncc1C#N. The van der Waals surface area contributed by atoms with Gasteiger partial charge in [0.1, 0.15) is 24.0 Å². The van der Waals surface area contributed by atoms with Crippen LogP contribution in [0.5, 0.6) is 5.75 Å². The minimum absolute atomic E-state index is 0.228. The van der Waals surface area contributed by atoms with Crippen molar-refractivity contribution in [2.24, 2.45) is 0 Å². The first-order valence-corrected chi connectivity index (χ1v) is 9.99. The van der Waals surface area contributed by atoms with Crippen LogP contribution in [0.4, 0.5) is 0 Å². The van der Waals surface area contributed by atoms with Crippen LogP contribution < -0.4 is 10.1 Å². The van der Waals surface area contributed by atoms with E-state index in [9.17, 15) is 4.79 Å². The second-order valence-electron chi connectivity index (χ2n) is 7.31. The van der Waals surface area contributed by atoms with E-state index in [0.29, 0.717) is 35.7 Å². The molecule has 1 aromatic carbocycles. The fourth-order valence-electron chi connectivity index (χ4n) is 3.64. The van der Waals surface area contributed by atoms with Crippen molar-refractivity contribution >= 4 is 5.97 Å². The molecule has 0 radical (unpaired) electrons. The Balaban J connectivity index is 1.34. The summed E-state index contributed by atoms with van der Waals surface area (Å²) in [6, 6.07) is 11.6. The van der Waals surface area contributed by atoms with Crippen LogP contribution in [0.3, 0.4) is 0 Å². The summed E-state index contributed by atoms with van der Waals surface area (Å²) in [5.74, 6) is 0.256. The zero-order valence-electron chi connectivity index (χ0n) is 17.4. The van der Waals surface area contributed by atoms with Crippen LogP contribution in [-0.4, -0.2) is 29.6 Å². The van der Waals surface area contributed by atoms with Crippen molar-refractivity contribution < 1.29 is 14.3 Å². The van der Waals surface area contributed by atoms with Gasteiger partial charge in [0.2, 0.25) is 0 Å². The van der Waals surface area contributed by atoms with E-state index >= 15 is 0 Å². The third kappa shape index (κ3) is 4.25. The molecule has 1 N–H and O–H groups in total. The van der Waals surface area contributed by atoms with Crippen molar-refractivity contribution in [1.29, 1.82) is 5.26 Å². The highest BCUT2D eigenvalue weighted by atomic mass is 16.5. The fraction of sp³-hybridized carbons (Fsp3) is 0.250. The molecule has 2 aromatic heterocycles. The minimum atomic E-state index is -0.228. The number of carbonyl (C=O) groups excluding carboxylic acids is 1. The molecule has 0 bridgehead atoms. The first-order chi connectivity index (χ1) is 15.1. The van der Waals surface area contributed by atoms with E-state index in [4.69, 9.17) is 14.7 Å². The van der Waals surface area contributed by atoms with Crippen molar-refractivity contribution in [3.63, 3.8) is 0 Å². The summed E-state index contributed by atoms with van der Waals surface area (Å²) in [7, 11) is 1.53. The highest BCUT2D eigenvalue weighted by molar-refractivity contribution is 5.93. The lowest BCUT2D eigenvalue weighted by Gasteiger charge is -2.10. The van der Waals surface area contributed by atoms with Gasteiger partial charge in [-0.1, -0.05) is 12.1 Å². The minimum Gasteiger partial charge on any atom is -0.495 e. The summed E-state index contributed by atoms with van der Waals surface area (Å²) < 4.78 is 10.4. The van der Waals surface area contributed by atoms with Crippen molar-refractivity contribution in [1.82, 2.24) is 15.3 Å². The van der Waals surface area contributed by atoms with Crippen molar-refractivity contribution in [3.8, 4) is 23.2 Å². The van der Waals surface area contributed by atoms with Gasteiger partial charge in [0.05, 0.1) is 24.1 Å². The summed E-state index contributed by atoms with van der Waals surface area (Å²) in [6.45, 7) is 3.93. The number of ether oxygens (including phenoxy) is 2. The Kier molecular flexibility index (Phi) is 5.92. The average molecular weight is 414 g/mol. The predicted octanol–water partition coefficient (Wildman–Crippen LogP) is 3.34. The molecule has 0 saturated heterocycles. The number of nitrogens with zero attached hydrogens (tertiary/aromatic N) is 3. The lowest BCUT2D eigenvalue weighted by atomic mass is 9.97. The van der Waals surface area contributed by atoms with Gasteiger partial charge in [0.15, 0.2) is 0 Å². The Labute approximate surface area is 180 Å². The number of fused-ring (bicyclic) bond motifs is 1. The van der Waals surface area contributed by atoms with Gasteiger partial charge in [-0.2, -0.15) is 5.26 Å². The molecular formula is C24H22N4O3. The standard InChI is InChI=1S/C24H22N4O3/c1-15-17(4-5-19-20(15)14-31-24(19)29)7-8-26-11-16-3-6-21(27-12-16)22-9-23(30-2)18(10-25)13-28-22/h3-6,9,12-13,26H,7-8,11,14H2,1-2H3. The maximum Gasteiger partial charge on any atom is 0.338 e. The molecule has 0 amide bonds. The molecule has 0 saturated carbocycles. The Bertz CT molecular complexity index is 1170. The van der Waals surface area contributed by atoms with Gasteiger partial charge >= 0.3 is 5.97 Å². The van der Waals surface area contributed by atoms with Crippen LogP contribution in [-0.2, 0) is 24.3 Å². The van der Waals surface area contributed by atoms with Crippen LogP contribution in [0.1, 0.15) is 38.2 Å². The van der Waals surface area contributed by atoms with E-state index in [1.165, 1.54) is 18.9 Å². The maximum atomic E-state index is 11.7. The Morgan fingerprint density at radius 1 is 1.19 bits per heavy atom. The number of aromatic nitrogens is 2. The van der Waals surface area contributed by atoms with Gasteiger partial charge in [-0.15, -0.1) is 0 Å². The van der Waals surface area contributed by atoms with E-state index in [-0.39, 0.29) is 5.97 Å². The molecule has 4 rings (SSSR count). The zero-order valence-corrected chi connectivity index (χ0v) is 17.4. The Hall–Kier alpha value is -3.76. The fourth-order valence-corrected chi connectivity index (χ4v) is 3.64. The topological polar surface area (TPSA) is 97.1 Å². The van der Waals surface area contributed by atoms with E-state index in [2.05, 4.69) is 21.4 Å². The molecule has 7 nitrogen and oxygen atoms in total. The number of methoxy groups -OCH3 is 1. The number of rotatable bonds is 7. The van der Waals surface area contributed by atoms with E-state index in [1.807, 2.05) is 37.4 Å². The Morgan fingerprint density at radius 2 is 2.03 bits per heavy atom. The second-order valence-corrected chi connectivity index (χ2v) is 7.31. The first-order valence-electron chi connectivity index (χ1n) is 9.99. The van der Waals surface area contributed by atoms with Gasteiger partial charge in [-0.25, -0.2) is 4.79 Å². The molecule has 156 valence electrons. The van der Waals surface area contributed by atoms with Gasteiger partial charge in [0, 0.05) is 30.6 Å². The molecule has 3 aromatic rings. The van der Waals surface area contributed by atoms with Gasteiger partial charge < -0.3 is 14.8 Å². The smallest absolute Gasteiger partial charge is 0.338 e. The molecule has 0 aliphatic carbocycles. The summed E-state index contributed by atoms with van der Waals surface area (Å²) >= 11 is 0. The second kappa shape index (κ2) is 8.94. The van der Waals surface area contributed by atoms with E-state index in [0.717, 1.165) is 35.3 Å². The number of nitriles is 1. The molecule has 0 unspecified atom stereocenters. The number of hydrogen-bond acceptors (Lipinski definition) is 7. The highest BCUT2D eigenvalue weighted by Gasteiger charge is 2.23. The molecule has 1 aliphatic heterocycles. The maximum absolute atomic E-state index is 11.7. The van der Waals surface area contributed by atoms with Crippen molar-refractivity contribution in [2.75, 3.05) is 13.7 Å². The molecule has 7 heteroatoms. The number of hydrogen-bond donors (Lipinski definition) is 1. The van der Waals surface area contributed by atoms with E-state index < -0.39 is 0 Å². The summed E-state index contributed by atoms with van der Waals surface area (Å²) in [5.41, 5.74) is 6.89. The van der Waals surface area contributed by atoms with Crippen molar-refractivity contribution in [2.45, 2.75) is 26.5 Å². The monoisotopic (exact) mass is 414 g/mol. The van der Waals surface area contributed by atoms with Crippen LogP contribution in [0.15, 0.2) is 42.7 Å². The molecular weight excluding hydrogens is 392 g/mol. The van der Waals surface area contributed by atoms with Gasteiger partial charge in [-0.05, 0) is 48.7 Å². The molecule has 0 atom stereocenters. The van der Waals surface area contributed by atoms with Crippen LogP contribution in [0.2, 0.25) is 0 Å². The normalized spacial score (nSPS) is 12.2. The molecule has 31 heavy (non-hydrogen) atoms. The largest absolute Gasteiger partial charge is 0.495 e. The van der Waals surface area contributed by atoms with Crippen molar-refractivity contribution in [3.05, 3.63) is 76.1 Å². The zero-order chi connectivity index (χ0) is 21.8. The summed E-state index contributed by atoms with van der Waals surface area (Å²) in [5, 5.41) is 12.5. The average Bonchev–Trinajstić information content (AvgIpc) is 3.19. The van der Waals surface area contributed by atoms with Gasteiger partial charge in [0.25, 0.3) is 0 Å². The first kappa shape index (κ1) is 20.5. The lowest BCUT2D eigenvalue weighted by Crippen LogP contribution is -2.17. The third-order valence-electron chi connectivity index (χ3n) is 5.47. The summed E-state index contributed by atoms with van der Waals surface area (Å²) in [6.07, 6.45) is 4.18. The summed E-state index contributed by atoms with van der Waals surface area (Å²) in [4.78, 5) is 20.4.